The van der Waals surface area contributed by atoms with Crippen LogP contribution in [0, 0.1) is 25.2 Å². The summed E-state index contributed by atoms with van der Waals surface area (Å²) in [5, 5.41) is 1.29. The highest BCUT2D eigenvalue weighted by molar-refractivity contribution is 7.11. The molecule has 96 valence electrons. The third-order valence-electron chi connectivity index (χ3n) is 4.41. The van der Waals surface area contributed by atoms with Gasteiger partial charge in [-0.25, -0.2) is 4.98 Å². The lowest BCUT2D eigenvalue weighted by Gasteiger charge is -2.26. The lowest BCUT2D eigenvalue weighted by atomic mass is 9.82. The summed E-state index contributed by atoms with van der Waals surface area (Å²) in [6, 6.07) is 0. The lowest BCUT2D eigenvalue weighted by molar-refractivity contribution is 0.290. The van der Waals surface area contributed by atoms with Gasteiger partial charge in [0.05, 0.1) is 10.7 Å². The number of thiazole rings is 1. The predicted molar refractivity (Wildman–Crippen MR) is 74.4 cm³/mol. The van der Waals surface area contributed by atoms with Crippen molar-refractivity contribution in [2.75, 3.05) is 6.54 Å². The first-order valence-electron chi connectivity index (χ1n) is 6.71. The Morgan fingerprint density at radius 3 is 2.71 bits per heavy atom. The highest BCUT2D eigenvalue weighted by Gasteiger charge is 2.38. The first-order valence-corrected chi connectivity index (χ1v) is 7.53. The van der Waals surface area contributed by atoms with Crippen LogP contribution in [0.5, 0.6) is 0 Å². The molecule has 1 aromatic rings. The molecule has 2 atom stereocenters. The molecule has 0 aromatic carbocycles. The Bertz CT molecular complexity index is 366. The van der Waals surface area contributed by atoms with Crippen LogP contribution >= 0.6 is 11.3 Å². The monoisotopic (exact) mass is 252 g/mol. The van der Waals surface area contributed by atoms with Gasteiger partial charge in [-0.3, -0.25) is 0 Å². The second-order valence-electron chi connectivity index (χ2n) is 5.65. The summed E-state index contributed by atoms with van der Waals surface area (Å²) in [7, 11) is 0. The van der Waals surface area contributed by atoms with Gasteiger partial charge in [0.1, 0.15) is 0 Å². The summed E-state index contributed by atoms with van der Waals surface area (Å²) in [6.07, 6.45) is 6.35. The second-order valence-corrected chi connectivity index (χ2v) is 6.93. The molecule has 1 heterocycles. The van der Waals surface area contributed by atoms with E-state index < -0.39 is 0 Å². The molecule has 0 spiro atoms. The molecule has 0 amide bonds. The second kappa shape index (κ2) is 5.07. The van der Waals surface area contributed by atoms with E-state index in [9.17, 15) is 0 Å². The molecule has 2 rings (SSSR count). The molecule has 3 heteroatoms. The Hall–Kier alpha value is -0.410. The molecule has 0 saturated heterocycles. The van der Waals surface area contributed by atoms with Gasteiger partial charge in [0.15, 0.2) is 0 Å². The van der Waals surface area contributed by atoms with E-state index in [2.05, 4.69) is 25.8 Å². The predicted octanol–water partition coefficient (Wildman–Crippen LogP) is 3.46. The number of hydrogen-bond donors (Lipinski definition) is 1. The van der Waals surface area contributed by atoms with Crippen LogP contribution in [-0.4, -0.2) is 11.5 Å². The Kier molecular flexibility index (Phi) is 3.88. The molecule has 0 radical (unpaired) electrons. The third-order valence-corrected chi connectivity index (χ3v) is 5.49. The molecule has 1 saturated carbocycles. The van der Waals surface area contributed by atoms with Crippen molar-refractivity contribution >= 4 is 11.3 Å². The lowest BCUT2D eigenvalue weighted by Crippen LogP contribution is -2.30. The maximum absolute atomic E-state index is 6.06. The van der Waals surface area contributed by atoms with Crippen LogP contribution in [0.2, 0.25) is 0 Å². The number of aromatic nitrogens is 1. The molecular formula is C14H24N2S. The maximum Gasteiger partial charge on any atom is 0.0936 e. The zero-order chi connectivity index (χ0) is 12.5. The molecular weight excluding hydrogens is 228 g/mol. The van der Waals surface area contributed by atoms with E-state index in [4.69, 9.17) is 5.73 Å². The highest BCUT2D eigenvalue weighted by atomic mass is 32.1. The van der Waals surface area contributed by atoms with Crippen molar-refractivity contribution < 1.29 is 0 Å². The maximum atomic E-state index is 6.06. The van der Waals surface area contributed by atoms with Crippen LogP contribution in [0.1, 0.15) is 48.2 Å². The average molecular weight is 252 g/mol. The summed E-state index contributed by atoms with van der Waals surface area (Å²) in [5.74, 6) is 0.890. The molecule has 17 heavy (non-hydrogen) atoms. The molecule has 1 aliphatic carbocycles. The van der Waals surface area contributed by atoms with Crippen LogP contribution in [0.25, 0.3) is 0 Å². The van der Waals surface area contributed by atoms with Gasteiger partial charge in [-0.15, -0.1) is 11.3 Å². The SMILES string of the molecule is CCC1CCC(CN)(Cc2nc(C)c(C)s2)C1. The largest absolute Gasteiger partial charge is 0.330 e. The fourth-order valence-electron chi connectivity index (χ4n) is 3.03. The van der Waals surface area contributed by atoms with Crippen LogP contribution in [-0.2, 0) is 6.42 Å². The average Bonchev–Trinajstić information content (AvgIpc) is 2.85. The fourth-order valence-corrected chi connectivity index (χ4v) is 4.14. The van der Waals surface area contributed by atoms with Crippen LogP contribution < -0.4 is 5.73 Å². The summed E-state index contributed by atoms with van der Waals surface area (Å²) in [6.45, 7) is 7.39. The van der Waals surface area contributed by atoms with Gasteiger partial charge in [-0.05, 0) is 51.0 Å². The van der Waals surface area contributed by atoms with E-state index in [1.807, 2.05) is 11.3 Å². The number of aryl methyl sites for hydroxylation is 2. The topological polar surface area (TPSA) is 38.9 Å². The molecule has 1 aliphatic rings. The molecule has 1 fully saturated rings. The highest BCUT2D eigenvalue weighted by Crippen LogP contribution is 2.45. The number of hydrogen-bond acceptors (Lipinski definition) is 3. The van der Waals surface area contributed by atoms with Crippen molar-refractivity contribution in [3.8, 4) is 0 Å². The Morgan fingerprint density at radius 1 is 1.47 bits per heavy atom. The smallest absolute Gasteiger partial charge is 0.0936 e. The normalized spacial score (nSPS) is 28.8. The van der Waals surface area contributed by atoms with E-state index >= 15 is 0 Å². The number of nitrogens with zero attached hydrogens (tertiary/aromatic N) is 1. The molecule has 1 aromatic heterocycles. The quantitative estimate of drug-likeness (QED) is 0.891. The van der Waals surface area contributed by atoms with Crippen LogP contribution in [0.3, 0.4) is 0 Å². The van der Waals surface area contributed by atoms with Crippen LogP contribution in [0.15, 0.2) is 0 Å². The van der Waals surface area contributed by atoms with Gasteiger partial charge >= 0.3 is 0 Å². The fraction of sp³-hybridized carbons (Fsp3) is 0.786. The zero-order valence-electron chi connectivity index (χ0n) is 11.3. The van der Waals surface area contributed by atoms with Crippen molar-refractivity contribution in [2.45, 2.75) is 52.9 Å². The van der Waals surface area contributed by atoms with E-state index in [1.54, 1.807) is 0 Å². The van der Waals surface area contributed by atoms with Gasteiger partial charge in [-0.1, -0.05) is 13.3 Å². The molecule has 2 unspecified atom stereocenters. The number of rotatable bonds is 4. The van der Waals surface area contributed by atoms with Crippen molar-refractivity contribution in [1.82, 2.24) is 4.98 Å². The van der Waals surface area contributed by atoms with Gasteiger partial charge < -0.3 is 5.73 Å². The molecule has 0 bridgehead atoms. The minimum absolute atomic E-state index is 0.345. The van der Waals surface area contributed by atoms with Crippen molar-refractivity contribution in [3.05, 3.63) is 15.6 Å². The Labute approximate surface area is 109 Å². The van der Waals surface area contributed by atoms with Gasteiger partial charge in [0.2, 0.25) is 0 Å². The standard InChI is InChI=1S/C14H24N2S/c1-4-12-5-6-14(7-12,9-15)8-13-16-10(2)11(3)17-13/h12H,4-9,15H2,1-3H3. The summed E-state index contributed by atoms with van der Waals surface area (Å²) < 4.78 is 0. The van der Waals surface area contributed by atoms with Gasteiger partial charge in [0.25, 0.3) is 0 Å². The minimum Gasteiger partial charge on any atom is -0.330 e. The van der Waals surface area contributed by atoms with Gasteiger partial charge in [-0.2, -0.15) is 0 Å². The molecule has 2 N–H and O–H groups in total. The first-order chi connectivity index (χ1) is 8.08. The molecule has 0 aliphatic heterocycles. The minimum atomic E-state index is 0.345. The van der Waals surface area contributed by atoms with E-state index in [0.29, 0.717) is 5.41 Å². The van der Waals surface area contributed by atoms with E-state index in [1.165, 1.54) is 41.3 Å². The van der Waals surface area contributed by atoms with Crippen molar-refractivity contribution in [3.63, 3.8) is 0 Å². The Balaban J connectivity index is 2.10. The van der Waals surface area contributed by atoms with Crippen molar-refractivity contribution in [2.24, 2.45) is 17.1 Å². The summed E-state index contributed by atoms with van der Waals surface area (Å²) in [5.41, 5.74) is 7.60. The van der Waals surface area contributed by atoms with E-state index in [-0.39, 0.29) is 0 Å². The number of nitrogens with two attached hydrogens (primary N) is 1. The summed E-state index contributed by atoms with van der Waals surface area (Å²) >= 11 is 1.86. The van der Waals surface area contributed by atoms with Crippen molar-refractivity contribution in [1.29, 1.82) is 0 Å². The first kappa shape index (κ1) is 13.0. The summed E-state index contributed by atoms with van der Waals surface area (Å²) in [4.78, 5) is 6.04. The molecule has 2 nitrogen and oxygen atoms in total. The van der Waals surface area contributed by atoms with E-state index in [0.717, 1.165) is 18.9 Å². The van der Waals surface area contributed by atoms with Gasteiger partial charge in [0, 0.05) is 11.3 Å². The zero-order valence-corrected chi connectivity index (χ0v) is 12.1. The van der Waals surface area contributed by atoms with Crippen LogP contribution in [0.4, 0.5) is 0 Å². The Morgan fingerprint density at radius 2 is 2.24 bits per heavy atom. The third kappa shape index (κ3) is 2.71.